The Balaban J connectivity index is 1.83. The third-order valence-electron chi connectivity index (χ3n) is 3.22. The quantitative estimate of drug-likeness (QED) is 0.729. The van der Waals surface area contributed by atoms with Crippen LogP contribution in [0.25, 0.3) is 0 Å². The number of hydrogen-bond donors (Lipinski definition) is 3. The fourth-order valence-electron chi connectivity index (χ4n) is 2.22. The van der Waals surface area contributed by atoms with Gasteiger partial charge in [-0.05, 0) is 24.2 Å². The summed E-state index contributed by atoms with van der Waals surface area (Å²) in [5, 5.41) is 9.49. The maximum Gasteiger partial charge on any atom is 0.226 e. The van der Waals surface area contributed by atoms with Gasteiger partial charge in [0.2, 0.25) is 5.91 Å². The van der Waals surface area contributed by atoms with Crippen molar-refractivity contribution in [2.24, 2.45) is 0 Å². The molecule has 1 fully saturated rings. The van der Waals surface area contributed by atoms with Crippen molar-refractivity contribution in [2.45, 2.75) is 25.9 Å². The molecule has 5 heteroatoms. The lowest BCUT2D eigenvalue weighted by molar-refractivity contribution is -0.117. The van der Waals surface area contributed by atoms with Crippen molar-refractivity contribution in [3.63, 3.8) is 0 Å². The van der Waals surface area contributed by atoms with Gasteiger partial charge >= 0.3 is 0 Å². The van der Waals surface area contributed by atoms with E-state index in [-0.39, 0.29) is 11.9 Å². The Morgan fingerprint density at radius 1 is 1.50 bits per heavy atom. The molecule has 2 rings (SSSR count). The second-order valence-corrected chi connectivity index (χ2v) is 4.96. The van der Waals surface area contributed by atoms with Crippen LogP contribution in [-0.4, -0.2) is 38.3 Å². The Kier molecular flexibility index (Phi) is 5.98. The summed E-state index contributed by atoms with van der Waals surface area (Å²) >= 11 is 0. The molecule has 20 heavy (non-hydrogen) atoms. The zero-order valence-corrected chi connectivity index (χ0v) is 11.9. The monoisotopic (exact) mass is 277 g/mol. The van der Waals surface area contributed by atoms with Crippen LogP contribution in [0.1, 0.15) is 18.9 Å². The molecule has 0 aromatic heterocycles. The Hall–Kier alpha value is -1.43. The second-order valence-electron chi connectivity index (χ2n) is 4.96. The minimum atomic E-state index is 0.0219. The number of benzene rings is 1. The first-order valence-electron chi connectivity index (χ1n) is 7.18. The van der Waals surface area contributed by atoms with Crippen molar-refractivity contribution >= 4 is 11.6 Å². The summed E-state index contributed by atoms with van der Waals surface area (Å²) in [6.07, 6.45) is 0.442. The molecule has 0 bridgehead atoms. The first-order chi connectivity index (χ1) is 9.78. The van der Waals surface area contributed by atoms with Gasteiger partial charge in [0.05, 0.1) is 13.2 Å². The SMILES string of the molecule is CCNCc1cccc(NC(=O)CC2COCCN2)c1. The molecule has 3 N–H and O–H groups in total. The molecular formula is C15H23N3O2. The molecule has 1 saturated heterocycles. The largest absolute Gasteiger partial charge is 0.378 e. The average Bonchev–Trinajstić information content (AvgIpc) is 2.46. The first-order valence-corrected chi connectivity index (χ1v) is 7.18. The third kappa shape index (κ3) is 4.92. The van der Waals surface area contributed by atoms with Crippen molar-refractivity contribution in [1.29, 1.82) is 0 Å². The summed E-state index contributed by atoms with van der Waals surface area (Å²) < 4.78 is 5.35. The Bertz CT molecular complexity index is 431. The van der Waals surface area contributed by atoms with Crippen molar-refractivity contribution in [2.75, 3.05) is 31.6 Å². The zero-order chi connectivity index (χ0) is 14.2. The van der Waals surface area contributed by atoms with Gasteiger partial charge in [0.1, 0.15) is 0 Å². The molecule has 0 spiro atoms. The molecule has 1 heterocycles. The van der Waals surface area contributed by atoms with E-state index in [0.29, 0.717) is 13.0 Å². The summed E-state index contributed by atoms with van der Waals surface area (Å²) in [6.45, 7) is 5.97. The normalized spacial score (nSPS) is 18.8. The van der Waals surface area contributed by atoms with E-state index in [4.69, 9.17) is 4.74 Å². The molecule has 1 aromatic rings. The number of morpholine rings is 1. The van der Waals surface area contributed by atoms with E-state index in [9.17, 15) is 4.79 Å². The Morgan fingerprint density at radius 3 is 3.15 bits per heavy atom. The topological polar surface area (TPSA) is 62.4 Å². The van der Waals surface area contributed by atoms with Gasteiger partial charge in [-0.3, -0.25) is 4.79 Å². The zero-order valence-electron chi connectivity index (χ0n) is 11.9. The number of rotatable bonds is 6. The van der Waals surface area contributed by atoms with Gasteiger partial charge in [0, 0.05) is 31.2 Å². The van der Waals surface area contributed by atoms with Crippen LogP contribution in [0.15, 0.2) is 24.3 Å². The predicted molar refractivity (Wildman–Crippen MR) is 79.7 cm³/mol. The van der Waals surface area contributed by atoms with Crippen LogP contribution in [0, 0.1) is 0 Å². The molecule has 1 aliphatic heterocycles. The Morgan fingerprint density at radius 2 is 2.40 bits per heavy atom. The minimum absolute atomic E-state index is 0.0219. The minimum Gasteiger partial charge on any atom is -0.378 e. The highest BCUT2D eigenvalue weighted by molar-refractivity contribution is 5.91. The molecule has 5 nitrogen and oxygen atoms in total. The first kappa shape index (κ1) is 15.0. The molecule has 1 unspecified atom stereocenters. The van der Waals surface area contributed by atoms with E-state index < -0.39 is 0 Å². The molecule has 0 saturated carbocycles. The van der Waals surface area contributed by atoms with Gasteiger partial charge < -0.3 is 20.7 Å². The number of ether oxygens (including phenoxy) is 1. The summed E-state index contributed by atoms with van der Waals surface area (Å²) in [5.74, 6) is 0.0219. The van der Waals surface area contributed by atoms with Crippen molar-refractivity contribution in [1.82, 2.24) is 10.6 Å². The lowest BCUT2D eigenvalue weighted by atomic mass is 10.1. The lowest BCUT2D eigenvalue weighted by Crippen LogP contribution is -2.43. The van der Waals surface area contributed by atoms with Crippen LogP contribution in [0.5, 0.6) is 0 Å². The van der Waals surface area contributed by atoms with Crippen molar-refractivity contribution in [3.05, 3.63) is 29.8 Å². The van der Waals surface area contributed by atoms with E-state index in [1.54, 1.807) is 0 Å². The average molecular weight is 277 g/mol. The maximum absolute atomic E-state index is 12.0. The van der Waals surface area contributed by atoms with E-state index in [1.807, 2.05) is 18.2 Å². The molecular weight excluding hydrogens is 254 g/mol. The summed E-state index contributed by atoms with van der Waals surface area (Å²) in [7, 11) is 0. The fourth-order valence-corrected chi connectivity index (χ4v) is 2.22. The van der Waals surface area contributed by atoms with Gasteiger partial charge in [0.25, 0.3) is 0 Å². The molecule has 0 radical (unpaired) electrons. The fraction of sp³-hybridized carbons (Fsp3) is 0.533. The molecule has 1 amide bonds. The highest BCUT2D eigenvalue weighted by atomic mass is 16.5. The second kappa shape index (κ2) is 7.99. The van der Waals surface area contributed by atoms with E-state index in [0.717, 1.165) is 31.9 Å². The van der Waals surface area contributed by atoms with Crippen LogP contribution in [0.2, 0.25) is 0 Å². The van der Waals surface area contributed by atoms with Crippen molar-refractivity contribution in [3.8, 4) is 0 Å². The number of amides is 1. The van der Waals surface area contributed by atoms with E-state index >= 15 is 0 Å². The van der Waals surface area contributed by atoms with Crippen molar-refractivity contribution < 1.29 is 9.53 Å². The highest BCUT2D eigenvalue weighted by Gasteiger charge is 2.16. The molecule has 1 atom stereocenters. The molecule has 0 aliphatic carbocycles. The molecule has 1 aromatic carbocycles. The highest BCUT2D eigenvalue weighted by Crippen LogP contribution is 2.11. The summed E-state index contributed by atoms with van der Waals surface area (Å²) in [5.41, 5.74) is 2.02. The van der Waals surface area contributed by atoms with E-state index in [2.05, 4.69) is 28.9 Å². The van der Waals surface area contributed by atoms with Gasteiger partial charge in [0.15, 0.2) is 0 Å². The number of nitrogens with one attached hydrogen (secondary N) is 3. The van der Waals surface area contributed by atoms with E-state index in [1.165, 1.54) is 5.56 Å². The molecule has 110 valence electrons. The van der Waals surface area contributed by atoms with Crippen LogP contribution >= 0.6 is 0 Å². The predicted octanol–water partition coefficient (Wildman–Crippen LogP) is 1.11. The summed E-state index contributed by atoms with van der Waals surface area (Å²) in [4.78, 5) is 12.0. The summed E-state index contributed by atoms with van der Waals surface area (Å²) in [6, 6.07) is 8.05. The third-order valence-corrected chi connectivity index (χ3v) is 3.22. The number of carbonyl (C=O) groups excluding carboxylic acids is 1. The van der Waals surface area contributed by atoms with Gasteiger partial charge in [-0.1, -0.05) is 19.1 Å². The van der Waals surface area contributed by atoms with Crippen LogP contribution in [0.4, 0.5) is 5.69 Å². The maximum atomic E-state index is 12.0. The smallest absolute Gasteiger partial charge is 0.226 e. The Labute approximate surface area is 120 Å². The van der Waals surface area contributed by atoms with Crippen LogP contribution in [-0.2, 0) is 16.1 Å². The van der Waals surface area contributed by atoms with Gasteiger partial charge in [-0.2, -0.15) is 0 Å². The van der Waals surface area contributed by atoms with Gasteiger partial charge in [-0.25, -0.2) is 0 Å². The lowest BCUT2D eigenvalue weighted by Gasteiger charge is -2.23. The van der Waals surface area contributed by atoms with Crippen LogP contribution < -0.4 is 16.0 Å². The van der Waals surface area contributed by atoms with Crippen LogP contribution in [0.3, 0.4) is 0 Å². The van der Waals surface area contributed by atoms with Gasteiger partial charge in [-0.15, -0.1) is 0 Å². The number of hydrogen-bond acceptors (Lipinski definition) is 4. The number of carbonyl (C=O) groups is 1. The number of anilines is 1. The molecule has 1 aliphatic rings. The standard InChI is InChI=1S/C15H23N3O2/c1-2-16-10-12-4-3-5-13(8-12)18-15(19)9-14-11-20-7-6-17-14/h3-5,8,14,16-17H,2,6-7,9-11H2,1H3,(H,18,19).